The van der Waals surface area contributed by atoms with E-state index in [4.69, 9.17) is 11.6 Å². The highest BCUT2D eigenvalue weighted by Gasteiger charge is 2.11. The molecule has 1 amide bonds. The summed E-state index contributed by atoms with van der Waals surface area (Å²) >= 11 is 6.19. The molecule has 3 nitrogen and oxygen atoms in total. The molecular formula is C19H16ClNO2. The third-order valence-electron chi connectivity index (χ3n) is 3.76. The Morgan fingerprint density at radius 3 is 2.35 bits per heavy atom. The first-order chi connectivity index (χ1) is 11.1. The number of carbonyl (C=O) groups excluding carboxylic acids is 1. The third-order valence-corrected chi connectivity index (χ3v) is 4.09. The minimum absolute atomic E-state index is 0.192. The van der Waals surface area contributed by atoms with Crippen molar-refractivity contribution in [2.75, 3.05) is 5.32 Å². The van der Waals surface area contributed by atoms with E-state index in [2.05, 4.69) is 5.32 Å². The number of aliphatic hydroxyl groups is 1. The lowest BCUT2D eigenvalue weighted by Crippen LogP contribution is -2.12. The molecule has 116 valence electrons. The highest BCUT2D eigenvalue weighted by Crippen LogP contribution is 2.26. The van der Waals surface area contributed by atoms with Crippen molar-refractivity contribution in [1.82, 2.24) is 0 Å². The number of hydrogen-bond donors (Lipinski definition) is 2. The number of aliphatic hydroxyl groups excluding tert-OH is 1. The van der Waals surface area contributed by atoms with Gasteiger partial charge in [-0.05, 0) is 42.1 Å². The van der Waals surface area contributed by atoms with Gasteiger partial charge in [0.1, 0.15) is 0 Å². The first-order valence-corrected chi connectivity index (χ1v) is 7.70. The lowest BCUT2D eigenvalue weighted by atomic mass is 10.0. The average Bonchev–Trinajstić information content (AvgIpc) is 2.55. The van der Waals surface area contributed by atoms with Crippen molar-refractivity contribution in [3.63, 3.8) is 0 Å². The van der Waals surface area contributed by atoms with E-state index in [1.165, 1.54) is 0 Å². The van der Waals surface area contributed by atoms with Gasteiger partial charge in [-0.2, -0.15) is 0 Å². The number of hydrogen-bond acceptors (Lipinski definition) is 2. The second-order valence-corrected chi connectivity index (χ2v) is 5.80. The Hall–Kier alpha value is -2.36. The largest absolute Gasteiger partial charge is 0.389 e. The van der Waals surface area contributed by atoms with Crippen LogP contribution in [0.4, 0.5) is 5.69 Å². The molecule has 3 aromatic rings. The maximum atomic E-state index is 12.6. The number of halogens is 1. The molecular weight excluding hydrogens is 310 g/mol. The van der Waals surface area contributed by atoms with Gasteiger partial charge in [-0.3, -0.25) is 4.79 Å². The van der Waals surface area contributed by atoms with Gasteiger partial charge in [0, 0.05) is 21.7 Å². The van der Waals surface area contributed by atoms with E-state index >= 15 is 0 Å². The summed E-state index contributed by atoms with van der Waals surface area (Å²) in [5, 5.41) is 14.7. The summed E-state index contributed by atoms with van der Waals surface area (Å²) in [5.74, 6) is -0.192. The minimum Gasteiger partial charge on any atom is -0.389 e. The molecule has 0 radical (unpaired) electrons. The number of benzene rings is 3. The Morgan fingerprint density at radius 1 is 1.00 bits per heavy atom. The molecule has 3 aromatic carbocycles. The molecule has 0 fully saturated rings. The number of rotatable bonds is 3. The summed E-state index contributed by atoms with van der Waals surface area (Å²) < 4.78 is 0. The normalized spacial score (nSPS) is 12.1. The average molecular weight is 326 g/mol. The molecule has 4 heteroatoms. The highest BCUT2D eigenvalue weighted by molar-refractivity contribution is 6.36. The summed E-state index contributed by atoms with van der Waals surface area (Å²) in [5.41, 5.74) is 2.06. The molecule has 1 atom stereocenters. The maximum Gasteiger partial charge on any atom is 0.256 e. The summed E-state index contributed by atoms with van der Waals surface area (Å²) in [6.45, 7) is 1.70. The number of anilines is 1. The molecule has 0 saturated carbocycles. The lowest BCUT2D eigenvalue weighted by molar-refractivity contribution is 0.102. The topological polar surface area (TPSA) is 49.3 Å². The Balaban J connectivity index is 1.90. The maximum absolute atomic E-state index is 12.6. The van der Waals surface area contributed by atoms with Crippen LogP contribution in [0.25, 0.3) is 10.8 Å². The molecule has 0 aromatic heterocycles. The van der Waals surface area contributed by atoms with Gasteiger partial charge in [0.25, 0.3) is 5.91 Å². The summed E-state index contributed by atoms with van der Waals surface area (Å²) in [4.78, 5) is 12.6. The van der Waals surface area contributed by atoms with Crippen molar-refractivity contribution < 1.29 is 9.90 Å². The van der Waals surface area contributed by atoms with E-state index in [0.717, 1.165) is 16.3 Å². The van der Waals surface area contributed by atoms with E-state index in [1.54, 1.807) is 43.3 Å². The Kier molecular flexibility index (Phi) is 4.33. The first-order valence-electron chi connectivity index (χ1n) is 7.33. The Bertz CT molecular complexity index is 857. The fraction of sp³-hybridized carbons (Fsp3) is 0.105. The van der Waals surface area contributed by atoms with Crippen molar-refractivity contribution in [3.05, 3.63) is 76.8 Å². The van der Waals surface area contributed by atoms with E-state index in [1.807, 2.05) is 24.3 Å². The SMILES string of the molecule is CC(O)c1ccc(NC(=O)c2cccc3c(Cl)cccc23)cc1. The van der Waals surface area contributed by atoms with Gasteiger partial charge in [0.05, 0.1) is 6.10 Å². The quantitative estimate of drug-likeness (QED) is 0.726. The van der Waals surface area contributed by atoms with E-state index in [9.17, 15) is 9.90 Å². The number of carbonyl (C=O) groups is 1. The van der Waals surface area contributed by atoms with E-state index in [0.29, 0.717) is 16.3 Å². The van der Waals surface area contributed by atoms with Crippen molar-refractivity contribution in [2.24, 2.45) is 0 Å². The van der Waals surface area contributed by atoms with Crippen molar-refractivity contribution >= 4 is 34.0 Å². The van der Waals surface area contributed by atoms with E-state index < -0.39 is 6.10 Å². The van der Waals surface area contributed by atoms with Crippen LogP contribution in [0.1, 0.15) is 28.9 Å². The van der Waals surface area contributed by atoms with Gasteiger partial charge in [-0.25, -0.2) is 0 Å². The fourth-order valence-corrected chi connectivity index (χ4v) is 2.75. The number of amides is 1. The summed E-state index contributed by atoms with van der Waals surface area (Å²) in [7, 11) is 0. The minimum atomic E-state index is -0.528. The molecule has 0 aliphatic heterocycles. The zero-order chi connectivity index (χ0) is 16.4. The molecule has 23 heavy (non-hydrogen) atoms. The molecule has 0 heterocycles. The summed E-state index contributed by atoms with van der Waals surface area (Å²) in [6.07, 6.45) is -0.528. The predicted octanol–water partition coefficient (Wildman–Crippen LogP) is 4.80. The first kappa shape index (κ1) is 15.5. The van der Waals surface area contributed by atoms with Crippen molar-refractivity contribution in [3.8, 4) is 0 Å². The van der Waals surface area contributed by atoms with Crippen molar-refractivity contribution in [2.45, 2.75) is 13.0 Å². The monoisotopic (exact) mass is 325 g/mol. The highest BCUT2D eigenvalue weighted by atomic mass is 35.5. The van der Waals surface area contributed by atoms with Gasteiger partial charge in [0.15, 0.2) is 0 Å². The van der Waals surface area contributed by atoms with Crippen LogP contribution in [0, 0.1) is 0 Å². The Labute approximate surface area is 139 Å². The molecule has 0 spiro atoms. The van der Waals surface area contributed by atoms with Crippen LogP contribution < -0.4 is 5.32 Å². The van der Waals surface area contributed by atoms with Crippen LogP contribution in [0.5, 0.6) is 0 Å². The van der Waals surface area contributed by atoms with Crippen LogP contribution >= 0.6 is 11.6 Å². The van der Waals surface area contributed by atoms with Crippen LogP contribution in [0.3, 0.4) is 0 Å². The van der Waals surface area contributed by atoms with Crippen molar-refractivity contribution in [1.29, 1.82) is 0 Å². The standard InChI is InChI=1S/C19H16ClNO2/c1-12(22)13-8-10-14(11-9-13)21-19(23)17-6-2-5-16-15(17)4-3-7-18(16)20/h2-12,22H,1H3,(H,21,23). The third kappa shape index (κ3) is 3.21. The molecule has 1 unspecified atom stereocenters. The summed E-state index contributed by atoms with van der Waals surface area (Å²) in [6, 6.07) is 18.1. The smallest absolute Gasteiger partial charge is 0.256 e. The molecule has 3 rings (SSSR count). The number of nitrogens with one attached hydrogen (secondary N) is 1. The van der Waals surface area contributed by atoms with Gasteiger partial charge in [-0.15, -0.1) is 0 Å². The second kappa shape index (κ2) is 6.41. The molecule has 0 bridgehead atoms. The van der Waals surface area contributed by atoms with Crippen LogP contribution in [0.15, 0.2) is 60.7 Å². The molecule has 0 aliphatic carbocycles. The molecule has 0 saturated heterocycles. The van der Waals surface area contributed by atoms with Gasteiger partial charge in [0.2, 0.25) is 0 Å². The predicted molar refractivity (Wildman–Crippen MR) is 94.0 cm³/mol. The lowest BCUT2D eigenvalue weighted by Gasteiger charge is -2.10. The van der Waals surface area contributed by atoms with E-state index in [-0.39, 0.29) is 5.91 Å². The molecule has 2 N–H and O–H groups in total. The van der Waals surface area contributed by atoms with Gasteiger partial charge in [-0.1, -0.05) is 48.0 Å². The molecule has 0 aliphatic rings. The number of fused-ring (bicyclic) bond motifs is 1. The zero-order valence-electron chi connectivity index (χ0n) is 12.6. The Morgan fingerprint density at radius 2 is 1.65 bits per heavy atom. The zero-order valence-corrected chi connectivity index (χ0v) is 13.3. The van der Waals surface area contributed by atoms with Gasteiger partial charge < -0.3 is 10.4 Å². The van der Waals surface area contributed by atoms with Gasteiger partial charge >= 0.3 is 0 Å². The van der Waals surface area contributed by atoms with Crippen LogP contribution in [-0.2, 0) is 0 Å². The van der Waals surface area contributed by atoms with Crippen LogP contribution in [-0.4, -0.2) is 11.0 Å². The second-order valence-electron chi connectivity index (χ2n) is 5.39. The van der Waals surface area contributed by atoms with Crippen LogP contribution in [0.2, 0.25) is 5.02 Å². The fourth-order valence-electron chi connectivity index (χ4n) is 2.51.